The van der Waals surface area contributed by atoms with Gasteiger partial charge in [0.05, 0.1) is 0 Å². The Bertz CT molecular complexity index is 315. The van der Waals surface area contributed by atoms with Crippen molar-refractivity contribution >= 4 is 11.8 Å². The molecular weight excluding hydrogens is 228 g/mol. The summed E-state index contributed by atoms with van der Waals surface area (Å²) in [6, 6.07) is 2.69. The van der Waals surface area contributed by atoms with Gasteiger partial charge in [-0.1, -0.05) is 19.9 Å². The highest BCUT2D eigenvalue weighted by molar-refractivity contribution is 7.99. The smallest absolute Gasteiger partial charge is 0.0427 e. The number of aryl methyl sites for hydroxylation is 1. The second-order valence-corrected chi connectivity index (χ2v) is 5.53. The van der Waals surface area contributed by atoms with Gasteiger partial charge in [-0.2, -0.15) is 11.8 Å². The highest BCUT2D eigenvalue weighted by Gasteiger charge is 2.10. The van der Waals surface area contributed by atoms with Crippen LogP contribution in [0.25, 0.3) is 0 Å². The second-order valence-electron chi connectivity index (χ2n) is 4.38. The van der Waals surface area contributed by atoms with Crippen LogP contribution >= 0.6 is 11.8 Å². The Morgan fingerprint density at radius 3 is 2.76 bits per heavy atom. The lowest BCUT2D eigenvalue weighted by molar-refractivity contribution is 0.575. The third kappa shape index (κ3) is 5.55. The maximum Gasteiger partial charge on any atom is 0.0427 e. The summed E-state index contributed by atoms with van der Waals surface area (Å²) in [4.78, 5) is 4.29. The average molecular weight is 252 g/mol. The van der Waals surface area contributed by atoms with E-state index in [-0.39, 0.29) is 0 Å². The summed E-state index contributed by atoms with van der Waals surface area (Å²) in [5.41, 5.74) is 2.56. The Labute approximate surface area is 110 Å². The Balaban J connectivity index is 2.60. The van der Waals surface area contributed by atoms with E-state index in [4.69, 9.17) is 0 Å². The third-order valence-electron chi connectivity index (χ3n) is 2.57. The van der Waals surface area contributed by atoms with Crippen LogP contribution in [-0.4, -0.2) is 23.0 Å². The lowest BCUT2D eigenvalue weighted by atomic mass is 10.1. The molecule has 0 saturated heterocycles. The molecule has 0 spiro atoms. The maximum atomic E-state index is 4.29. The number of hydrogen-bond acceptors (Lipinski definition) is 3. The lowest BCUT2D eigenvalue weighted by Crippen LogP contribution is -2.24. The van der Waals surface area contributed by atoms with Crippen molar-refractivity contribution in [3.63, 3.8) is 0 Å². The summed E-state index contributed by atoms with van der Waals surface area (Å²) >= 11 is 2.02. The fourth-order valence-corrected chi connectivity index (χ4v) is 2.71. The molecule has 0 aromatic carbocycles. The molecule has 1 rings (SSSR count). The molecule has 1 atom stereocenters. The fourth-order valence-electron chi connectivity index (χ4n) is 1.71. The minimum absolute atomic E-state index is 0.443. The van der Waals surface area contributed by atoms with Crippen molar-refractivity contribution in [3.05, 3.63) is 29.6 Å². The van der Waals surface area contributed by atoms with Crippen LogP contribution in [0, 0.1) is 6.92 Å². The molecule has 17 heavy (non-hydrogen) atoms. The molecule has 0 saturated carbocycles. The number of pyridine rings is 1. The Hall–Kier alpha value is -0.540. The van der Waals surface area contributed by atoms with Gasteiger partial charge < -0.3 is 5.32 Å². The van der Waals surface area contributed by atoms with E-state index in [0.717, 1.165) is 12.3 Å². The van der Waals surface area contributed by atoms with E-state index in [0.29, 0.717) is 6.04 Å². The van der Waals surface area contributed by atoms with E-state index in [1.54, 1.807) is 0 Å². The minimum Gasteiger partial charge on any atom is -0.309 e. The first-order chi connectivity index (χ1) is 8.27. The topological polar surface area (TPSA) is 24.9 Å². The van der Waals surface area contributed by atoms with Crippen molar-refractivity contribution in [3.8, 4) is 0 Å². The predicted molar refractivity (Wildman–Crippen MR) is 77.6 cm³/mol. The van der Waals surface area contributed by atoms with E-state index < -0.39 is 0 Å². The molecule has 96 valence electrons. The molecule has 1 heterocycles. The van der Waals surface area contributed by atoms with Crippen LogP contribution < -0.4 is 5.32 Å². The van der Waals surface area contributed by atoms with Crippen molar-refractivity contribution in [1.29, 1.82) is 0 Å². The predicted octanol–water partition coefficient (Wildman–Crippen LogP) is 3.57. The van der Waals surface area contributed by atoms with Crippen molar-refractivity contribution in [2.75, 3.05) is 18.1 Å². The molecule has 0 fully saturated rings. The Morgan fingerprint density at radius 1 is 1.29 bits per heavy atom. The summed E-state index contributed by atoms with van der Waals surface area (Å²) in [6.45, 7) is 7.62. The molecule has 0 bridgehead atoms. The quantitative estimate of drug-likeness (QED) is 0.716. The maximum absolute atomic E-state index is 4.29. The van der Waals surface area contributed by atoms with Gasteiger partial charge in [-0.05, 0) is 43.2 Å². The van der Waals surface area contributed by atoms with Gasteiger partial charge in [-0.3, -0.25) is 4.98 Å². The average Bonchev–Trinajstić information content (AvgIpc) is 2.33. The summed E-state index contributed by atoms with van der Waals surface area (Å²) < 4.78 is 0. The second kappa shape index (κ2) is 8.54. The van der Waals surface area contributed by atoms with Gasteiger partial charge in [0.1, 0.15) is 0 Å². The number of aromatic nitrogens is 1. The number of nitrogens with zero attached hydrogens (tertiary/aromatic N) is 1. The summed E-state index contributed by atoms with van der Waals surface area (Å²) in [7, 11) is 0. The van der Waals surface area contributed by atoms with E-state index in [1.165, 1.54) is 29.7 Å². The van der Waals surface area contributed by atoms with Gasteiger partial charge >= 0.3 is 0 Å². The van der Waals surface area contributed by atoms with E-state index in [9.17, 15) is 0 Å². The van der Waals surface area contributed by atoms with Crippen LogP contribution in [-0.2, 0) is 0 Å². The van der Waals surface area contributed by atoms with E-state index >= 15 is 0 Å². The van der Waals surface area contributed by atoms with Crippen LogP contribution in [0.1, 0.15) is 43.9 Å². The molecule has 1 aromatic heterocycles. The van der Waals surface area contributed by atoms with Crippen LogP contribution in [0.4, 0.5) is 0 Å². The van der Waals surface area contributed by atoms with Gasteiger partial charge in [0, 0.05) is 24.2 Å². The molecule has 2 nitrogen and oxygen atoms in total. The molecule has 1 unspecified atom stereocenters. The van der Waals surface area contributed by atoms with Crippen LogP contribution in [0.3, 0.4) is 0 Å². The first-order valence-electron chi connectivity index (χ1n) is 6.50. The highest BCUT2D eigenvalue weighted by Crippen LogP contribution is 2.19. The molecule has 3 heteroatoms. The zero-order chi connectivity index (χ0) is 12.5. The first-order valence-corrected chi connectivity index (χ1v) is 7.66. The number of nitrogens with one attached hydrogen (secondary N) is 1. The van der Waals surface area contributed by atoms with Crippen molar-refractivity contribution in [2.24, 2.45) is 0 Å². The molecule has 0 aliphatic carbocycles. The molecule has 1 aromatic rings. The van der Waals surface area contributed by atoms with Crippen molar-refractivity contribution < 1.29 is 0 Å². The number of rotatable bonds is 8. The summed E-state index contributed by atoms with van der Waals surface area (Å²) in [5, 5.41) is 3.61. The van der Waals surface area contributed by atoms with Gasteiger partial charge in [-0.25, -0.2) is 0 Å². The fraction of sp³-hybridized carbons (Fsp3) is 0.643. The summed E-state index contributed by atoms with van der Waals surface area (Å²) in [5.74, 6) is 2.38. The minimum atomic E-state index is 0.443. The zero-order valence-electron chi connectivity index (χ0n) is 11.2. The largest absolute Gasteiger partial charge is 0.309 e. The zero-order valence-corrected chi connectivity index (χ0v) is 12.0. The van der Waals surface area contributed by atoms with Gasteiger partial charge in [0.25, 0.3) is 0 Å². The van der Waals surface area contributed by atoms with Crippen molar-refractivity contribution in [1.82, 2.24) is 10.3 Å². The number of thioether (sulfide) groups is 1. The Kier molecular flexibility index (Phi) is 7.29. The summed E-state index contributed by atoms with van der Waals surface area (Å²) in [6.07, 6.45) is 6.33. The normalized spacial score (nSPS) is 12.6. The molecule has 0 aliphatic rings. The monoisotopic (exact) mass is 252 g/mol. The van der Waals surface area contributed by atoms with Gasteiger partial charge in [-0.15, -0.1) is 0 Å². The standard InChI is InChI=1S/C14H24N2S/c1-4-6-16-14(11-17-7-5-2)13-8-12(3)9-15-10-13/h8-10,14,16H,4-7,11H2,1-3H3. The first kappa shape index (κ1) is 14.5. The number of hydrogen-bond donors (Lipinski definition) is 1. The van der Waals surface area contributed by atoms with Gasteiger partial charge in [0.2, 0.25) is 0 Å². The van der Waals surface area contributed by atoms with E-state index in [2.05, 4.69) is 37.1 Å². The highest BCUT2D eigenvalue weighted by atomic mass is 32.2. The molecule has 0 radical (unpaired) electrons. The Morgan fingerprint density at radius 2 is 2.12 bits per heavy atom. The third-order valence-corrected chi connectivity index (χ3v) is 3.84. The van der Waals surface area contributed by atoms with Crippen LogP contribution in [0.2, 0.25) is 0 Å². The lowest BCUT2D eigenvalue weighted by Gasteiger charge is -2.18. The molecule has 1 N–H and O–H groups in total. The van der Waals surface area contributed by atoms with E-state index in [1.807, 2.05) is 24.2 Å². The van der Waals surface area contributed by atoms with Crippen LogP contribution in [0.5, 0.6) is 0 Å². The van der Waals surface area contributed by atoms with Gasteiger partial charge in [0.15, 0.2) is 0 Å². The molecular formula is C14H24N2S. The SMILES string of the molecule is CCCNC(CSCCC)c1cncc(C)c1. The van der Waals surface area contributed by atoms with Crippen molar-refractivity contribution in [2.45, 2.75) is 39.7 Å². The molecule has 0 aliphatic heterocycles. The molecule has 0 amide bonds. The van der Waals surface area contributed by atoms with Crippen LogP contribution in [0.15, 0.2) is 18.5 Å².